The van der Waals surface area contributed by atoms with Gasteiger partial charge in [0, 0.05) is 37.3 Å². The molecule has 0 aliphatic carbocycles. The normalized spacial score (nSPS) is 11.2. The lowest BCUT2D eigenvalue weighted by molar-refractivity contribution is 0.473. The molecule has 1 rings (SSSR count). The molecule has 0 unspecified atom stereocenters. The molecule has 0 radical (unpaired) electrons. The number of rotatable bonds is 5. The van der Waals surface area contributed by atoms with E-state index in [9.17, 15) is 0 Å². The molecule has 0 aromatic carbocycles. The Labute approximate surface area is 85.1 Å². The summed E-state index contributed by atoms with van der Waals surface area (Å²) in [7, 11) is 0. The predicted molar refractivity (Wildman–Crippen MR) is 56.9 cm³/mol. The minimum Gasteiger partial charge on any atom is -0.367 e. The second-order valence-corrected chi connectivity index (χ2v) is 4.07. The van der Waals surface area contributed by atoms with Gasteiger partial charge in [-0.3, -0.25) is 0 Å². The number of hydrogen-bond acceptors (Lipinski definition) is 2. The number of nitrogens with zero attached hydrogens (tertiary/aromatic N) is 1. The van der Waals surface area contributed by atoms with Crippen molar-refractivity contribution in [3.05, 3.63) is 24.0 Å². The fraction of sp³-hybridized carbons (Fsp3) is 0.545. The highest BCUT2D eigenvalue weighted by Gasteiger charge is 2.19. The van der Waals surface area contributed by atoms with Gasteiger partial charge in [0.05, 0.1) is 6.07 Å². The van der Waals surface area contributed by atoms with Gasteiger partial charge in [-0.05, 0) is 11.6 Å². The summed E-state index contributed by atoms with van der Waals surface area (Å²) >= 11 is 0. The van der Waals surface area contributed by atoms with Gasteiger partial charge < -0.3 is 10.3 Å². The topological polar surface area (TPSA) is 51.6 Å². The highest BCUT2D eigenvalue weighted by molar-refractivity contribution is 5.20. The first-order chi connectivity index (χ1) is 6.67. The number of nitrogens with one attached hydrogen (secondary N) is 2. The molecule has 0 atom stereocenters. The Balaban J connectivity index is 2.39. The van der Waals surface area contributed by atoms with Crippen molar-refractivity contribution in [3.63, 3.8) is 0 Å². The quantitative estimate of drug-likeness (QED) is 0.697. The third-order valence-corrected chi connectivity index (χ3v) is 2.36. The second-order valence-electron chi connectivity index (χ2n) is 4.07. The summed E-state index contributed by atoms with van der Waals surface area (Å²) in [4.78, 5) is 3.06. The van der Waals surface area contributed by atoms with E-state index in [-0.39, 0.29) is 5.41 Å². The van der Waals surface area contributed by atoms with Crippen molar-refractivity contribution < 1.29 is 0 Å². The molecule has 2 N–H and O–H groups in total. The number of nitriles is 1. The fourth-order valence-electron chi connectivity index (χ4n) is 1.39. The lowest BCUT2D eigenvalue weighted by Crippen LogP contribution is -2.33. The average molecular weight is 191 g/mol. The van der Waals surface area contributed by atoms with Gasteiger partial charge in [0.15, 0.2) is 0 Å². The van der Waals surface area contributed by atoms with Crippen LogP contribution < -0.4 is 5.32 Å². The first-order valence-electron chi connectivity index (χ1n) is 4.88. The maximum Gasteiger partial charge on any atom is 0.0635 e. The fourth-order valence-corrected chi connectivity index (χ4v) is 1.39. The molecule has 0 amide bonds. The van der Waals surface area contributed by atoms with Gasteiger partial charge in [0.2, 0.25) is 0 Å². The highest BCUT2D eigenvalue weighted by Crippen LogP contribution is 2.21. The van der Waals surface area contributed by atoms with Crippen molar-refractivity contribution in [3.8, 4) is 6.07 Å². The van der Waals surface area contributed by atoms with E-state index in [1.807, 2.05) is 12.4 Å². The van der Waals surface area contributed by atoms with Crippen molar-refractivity contribution >= 4 is 0 Å². The molecule has 76 valence electrons. The smallest absolute Gasteiger partial charge is 0.0635 e. The molecule has 14 heavy (non-hydrogen) atoms. The molecule has 0 fully saturated rings. The predicted octanol–water partition coefficient (Wildman–Crippen LogP) is 1.80. The molecule has 0 spiro atoms. The van der Waals surface area contributed by atoms with E-state index >= 15 is 0 Å². The van der Waals surface area contributed by atoms with Crippen LogP contribution in [0.25, 0.3) is 0 Å². The zero-order valence-corrected chi connectivity index (χ0v) is 8.80. The summed E-state index contributed by atoms with van der Waals surface area (Å²) in [5, 5.41) is 11.7. The Morgan fingerprint density at radius 1 is 1.57 bits per heavy atom. The number of aromatic amines is 1. The van der Waals surface area contributed by atoms with Crippen LogP contribution in [0.5, 0.6) is 0 Å². The van der Waals surface area contributed by atoms with Crippen LogP contribution in [-0.4, -0.2) is 18.1 Å². The molecule has 1 heterocycles. The van der Waals surface area contributed by atoms with Gasteiger partial charge in [0.25, 0.3) is 0 Å². The SMILES string of the molecule is CC(C)(CNCCC#N)c1cc[nH]c1. The molecule has 0 aliphatic rings. The van der Waals surface area contributed by atoms with Gasteiger partial charge in [-0.15, -0.1) is 0 Å². The molecule has 1 aromatic rings. The maximum atomic E-state index is 8.38. The average Bonchev–Trinajstić information content (AvgIpc) is 2.65. The Bertz CT molecular complexity index is 293. The van der Waals surface area contributed by atoms with Crippen LogP contribution in [-0.2, 0) is 5.41 Å². The molecule has 3 heteroatoms. The summed E-state index contributed by atoms with van der Waals surface area (Å²) in [6.45, 7) is 6.04. The Hall–Kier alpha value is -1.27. The van der Waals surface area contributed by atoms with Crippen LogP contribution in [0.4, 0.5) is 0 Å². The van der Waals surface area contributed by atoms with Crippen molar-refractivity contribution in [2.24, 2.45) is 0 Å². The number of H-pyrrole nitrogens is 1. The zero-order chi connectivity index (χ0) is 10.4. The summed E-state index contributed by atoms with van der Waals surface area (Å²) in [6, 6.07) is 4.21. The Morgan fingerprint density at radius 2 is 2.36 bits per heavy atom. The van der Waals surface area contributed by atoms with E-state index in [1.165, 1.54) is 5.56 Å². The van der Waals surface area contributed by atoms with Crippen molar-refractivity contribution in [2.75, 3.05) is 13.1 Å². The first-order valence-corrected chi connectivity index (χ1v) is 4.88. The molecular weight excluding hydrogens is 174 g/mol. The first kappa shape index (κ1) is 10.8. The Morgan fingerprint density at radius 3 is 2.93 bits per heavy atom. The largest absolute Gasteiger partial charge is 0.367 e. The van der Waals surface area contributed by atoms with Crippen molar-refractivity contribution in [1.29, 1.82) is 5.26 Å². The summed E-state index contributed by atoms with van der Waals surface area (Å²) in [5.74, 6) is 0. The van der Waals surface area contributed by atoms with E-state index in [0.29, 0.717) is 6.42 Å². The maximum absolute atomic E-state index is 8.38. The van der Waals surface area contributed by atoms with E-state index in [0.717, 1.165) is 13.1 Å². The zero-order valence-electron chi connectivity index (χ0n) is 8.80. The van der Waals surface area contributed by atoms with Gasteiger partial charge in [0.1, 0.15) is 0 Å². The van der Waals surface area contributed by atoms with E-state index < -0.39 is 0 Å². The third kappa shape index (κ3) is 2.90. The van der Waals surface area contributed by atoms with Gasteiger partial charge in [-0.2, -0.15) is 5.26 Å². The van der Waals surface area contributed by atoms with Crippen LogP contribution >= 0.6 is 0 Å². The lowest BCUT2D eigenvalue weighted by atomic mass is 9.86. The molecule has 1 aromatic heterocycles. The highest BCUT2D eigenvalue weighted by atomic mass is 14.9. The van der Waals surface area contributed by atoms with Gasteiger partial charge in [-0.1, -0.05) is 13.8 Å². The summed E-state index contributed by atoms with van der Waals surface area (Å²) < 4.78 is 0. The summed E-state index contributed by atoms with van der Waals surface area (Å²) in [6.07, 6.45) is 4.53. The summed E-state index contributed by atoms with van der Waals surface area (Å²) in [5.41, 5.74) is 1.41. The third-order valence-electron chi connectivity index (χ3n) is 2.36. The van der Waals surface area contributed by atoms with Crippen molar-refractivity contribution in [1.82, 2.24) is 10.3 Å². The van der Waals surface area contributed by atoms with E-state index in [1.54, 1.807) is 0 Å². The lowest BCUT2D eigenvalue weighted by Gasteiger charge is -2.23. The van der Waals surface area contributed by atoms with Crippen LogP contribution in [0.15, 0.2) is 18.5 Å². The van der Waals surface area contributed by atoms with E-state index in [2.05, 4.69) is 36.3 Å². The standard InChI is InChI=1S/C11H17N3/c1-11(2,9-14-6-3-5-12)10-4-7-13-8-10/h4,7-8,13-14H,3,6,9H2,1-2H3. The monoisotopic (exact) mass is 191 g/mol. The molecule has 0 bridgehead atoms. The molecule has 0 saturated heterocycles. The van der Waals surface area contributed by atoms with Crippen LogP contribution in [0.2, 0.25) is 0 Å². The second kappa shape index (κ2) is 4.83. The minimum absolute atomic E-state index is 0.120. The molecule has 0 saturated carbocycles. The number of aromatic nitrogens is 1. The van der Waals surface area contributed by atoms with E-state index in [4.69, 9.17) is 5.26 Å². The van der Waals surface area contributed by atoms with Gasteiger partial charge >= 0.3 is 0 Å². The van der Waals surface area contributed by atoms with Gasteiger partial charge in [-0.25, -0.2) is 0 Å². The minimum atomic E-state index is 0.120. The van der Waals surface area contributed by atoms with Crippen LogP contribution in [0.3, 0.4) is 0 Å². The van der Waals surface area contributed by atoms with Crippen molar-refractivity contribution in [2.45, 2.75) is 25.7 Å². The molecule has 0 aliphatic heterocycles. The van der Waals surface area contributed by atoms with Crippen LogP contribution in [0.1, 0.15) is 25.8 Å². The molecule has 3 nitrogen and oxygen atoms in total. The molecular formula is C11H17N3. The Kier molecular flexibility index (Phi) is 3.73. The number of hydrogen-bond donors (Lipinski definition) is 2. The van der Waals surface area contributed by atoms with Crippen LogP contribution in [0, 0.1) is 11.3 Å².